The molecule has 0 spiro atoms. The zero-order valence-electron chi connectivity index (χ0n) is 11.3. The minimum Gasteiger partial charge on any atom is -0.398 e. The van der Waals surface area contributed by atoms with E-state index in [1.165, 1.54) is 0 Å². The second kappa shape index (κ2) is 7.58. The normalized spacial score (nSPS) is 10.1. The lowest BCUT2D eigenvalue weighted by atomic mass is 10.1. The smallest absolute Gasteiger partial charge is 0.317 e. The van der Waals surface area contributed by atoms with Gasteiger partial charge in [-0.2, -0.15) is 0 Å². The second-order valence-corrected chi connectivity index (χ2v) is 4.30. The molecule has 0 fully saturated rings. The fourth-order valence-corrected chi connectivity index (χ4v) is 1.69. The molecule has 100 valence electrons. The molecule has 4 heteroatoms. The molecule has 0 aromatic heterocycles. The molecule has 0 aliphatic rings. The van der Waals surface area contributed by atoms with E-state index in [1.54, 1.807) is 4.90 Å². The number of rotatable bonds is 6. The van der Waals surface area contributed by atoms with Crippen molar-refractivity contribution >= 4 is 11.7 Å². The van der Waals surface area contributed by atoms with Crippen molar-refractivity contribution in [2.75, 3.05) is 18.8 Å². The van der Waals surface area contributed by atoms with Crippen LogP contribution in [0.4, 0.5) is 10.5 Å². The number of unbranched alkanes of at least 4 members (excludes halogenated alkanes) is 1. The van der Waals surface area contributed by atoms with E-state index in [9.17, 15) is 4.79 Å². The molecule has 0 radical (unpaired) electrons. The highest BCUT2D eigenvalue weighted by atomic mass is 16.2. The summed E-state index contributed by atoms with van der Waals surface area (Å²) < 4.78 is 0. The molecule has 1 rings (SSSR count). The number of urea groups is 1. The second-order valence-electron chi connectivity index (χ2n) is 4.30. The van der Waals surface area contributed by atoms with Crippen molar-refractivity contribution in [2.45, 2.75) is 33.2 Å². The van der Waals surface area contributed by atoms with Crippen LogP contribution in [0.3, 0.4) is 0 Å². The minimum atomic E-state index is -0.0193. The van der Waals surface area contributed by atoms with E-state index in [-0.39, 0.29) is 6.03 Å². The Bertz CT molecular complexity index is 379. The number of para-hydroxylation sites is 1. The molecule has 2 amide bonds. The molecule has 0 unspecified atom stereocenters. The zero-order chi connectivity index (χ0) is 13.4. The first-order chi connectivity index (χ1) is 8.69. The number of hydrogen-bond donors (Lipinski definition) is 2. The Kier molecular flexibility index (Phi) is 6.05. The van der Waals surface area contributed by atoms with E-state index in [2.05, 4.69) is 12.2 Å². The maximum atomic E-state index is 11.9. The SMILES string of the molecule is CCCCNC(=O)N(CC)Cc1ccccc1N. The first-order valence-electron chi connectivity index (χ1n) is 6.55. The predicted octanol–water partition coefficient (Wildman–Crippen LogP) is 2.60. The third-order valence-corrected chi connectivity index (χ3v) is 2.89. The standard InChI is InChI=1S/C14H23N3O/c1-3-5-10-16-14(18)17(4-2)11-12-8-6-7-9-13(12)15/h6-9H,3-5,10-11,15H2,1-2H3,(H,16,18). The lowest BCUT2D eigenvalue weighted by molar-refractivity contribution is 0.198. The molecular weight excluding hydrogens is 226 g/mol. The molecule has 3 N–H and O–H groups in total. The Morgan fingerprint density at radius 2 is 2.06 bits per heavy atom. The Labute approximate surface area is 109 Å². The van der Waals surface area contributed by atoms with Gasteiger partial charge in [0.1, 0.15) is 0 Å². The Balaban J connectivity index is 2.56. The monoisotopic (exact) mass is 249 g/mol. The number of nitrogens with zero attached hydrogens (tertiary/aromatic N) is 1. The van der Waals surface area contributed by atoms with Crippen LogP contribution in [0.2, 0.25) is 0 Å². The number of amides is 2. The van der Waals surface area contributed by atoms with Crippen molar-refractivity contribution in [3.8, 4) is 0 Å². The Hall–Kier alpha value is -1.71. The summed E-state index contributed by atoms with van der Waals surface area (Å²) in [6.07, 6.45) is 2.09. The first kappa shape index (κ1) is 14.4. The number of benzene rings is 1. The molecule has 18 heavy (non-hydrogen) atoms. The van der Waals surface area contributed by atoms with Crippen molar-refractivity contribution in [1.29, 1.82) is 0 Å². The topological polar surface area (TPSA) is 58.4 Å². The highest BCUT2D eigenvalue weighted by Gasteiger charge is 2.12. The summed E-state index contributed by atoms with van der Waals surface area (Å²) >= 11 is 0. The number of hydrogen-bond acceptors (Lipinski definition) is 2. The van der Waals surface area contributed by atoms with Crippen LogP contribution in [-0.4, -0.2) is 24.0 Å². The lowest BCUT2D eigenvalue weighted by Crippen LogP contribution is -2.39. The van der Waals surface area contributed by atoms with Crippen LogP contribution < -0.4 is 11.1 Å². The van der Waals surface area contributed by atoms with Crippen molar-refractivity contribution in [2.24, 2.45) is 0 Å². The van der Waals surface area contributed by atoms with Gasteiger partial charge in [-0.15, -0.1) is 0 Å². The summed E-state index contributed by atoms with van der Waals surface area (Å²) in [6, 6.07) is 7.63. The number of anilines is 1. The fourth-order valence-electron chi connectivity index (χ4n) is 1.69. The summed E-state index contributed by atoms with van der Waals surface area (Å²) in [5, 5.41) is 2.92. The van der Waals surface area contributed by atoms with E-state index in [1.807, 2.05) is 31.2 Å². The van der Waals surface area contributed by atoms with Crippen LogP contribution in [-0.2, 0) is 6.54 Å². The fraction of sp³-hybridized carbons (Fsp3) is 0.500. The van der Waals surface area contributed by atoms with Gasteiger partial charge in [0, 0.05) is 25.3 Å². The molecular formula is C14H23N3O. The zero-order valence-corrected chi connectivity index (χ0v) is 11.3. The van der Waals surface area contributed by atoms with Gasteiger partial charge in [0.05, 0.1) is 0 Å². The van der Waals surface area contributed by atoms with Crippen LogP contribution in [0.5, 0.6) is 0 Å². The number of nitrogens with one attached hydrogen (secondary N) is 1. The van der Waals surface area contributed by atoms with E-state index in [4.69, 9.17) is 5.73 Å². The van der Waals surface area contributed by atoms with Crippen molar-refractivity contribution in [3.05, 3.63) is 29.8 Å². The highest BCUT2D eigenvalue weighted by molar-refractivity contribution is 5.74. The van der Waals surface area contributed by atoms with Crippen LogP contribution >= 0.6 is 0 Å². The molecule has 1 aromatic rings. The molecule has 1 aromatic carbocycles. The molecule has 0 aliphatic heterocycles. The summed E-state index contributed by atoms with van der Waals surface area (Å²) in [5.41, 5.74) is 7.61. The van der Waals surface area contributed by atoms with Crippen LogP contribution in [0.15, 0.2) is 24.3 Å². The molecule has 0 heterocycles. The Morgan fingerprint density at radius 3 is 2.67 bits per heavy atom. The number of carbonyl (C=O) groups is 1. The van der Waals surface area contributed by atoms with Gasteiger partial charge in [0.15, 0.2) is 0 Å². The van der Waals surface area contributed by atoms with Gasteiger partial charge in [-0.05, 0) is 25.0 Å². The Morgan fingerprint density at radius 1 is 1.33 bits per heavy atom. The largest absolute Gasteiger partial charge is 0.398 e. The molecule has 0 saturated carbocycles. The maximum absolute atomic E-state index is 11.9. The van der Waals surface area contributed by atoms with Crippen molar-refractivity contribution < 1.29 is 4.79 Å². The third kappa shape index (κ3) is 4.28. The summed E-state index contributed by atoms with van der Waals surface area (Å²) in [6.45, 7) is 6.04. The van der Waals surface area contributed by atoms with Gasteiger partial charge in [-0.3, -0.25) is 0 Å². The van der Waals surface area contributed by atoms with Gasteiger partial charge in [0.25, 0.3) is 0 Å². The predicted molar refractivity (Wildman–Crippen MR) is 75.2 cm³/mol. The summed E-state index contributed by atoms with van der Waals surface area (Å²) in [4.78, 5) is 13.7. The van der Waals surface area contributed by atoms with Crippen LogP contribution in [0.25, 0.3) is 0 Å². The van der Waals surface area contributed by atoms with E-state index in [0.717, 1.165) is 30.6 Å². The first-order valence-corrected chi connectivity index (χ1v) is 6.55. The number of carbonyl (C=O) groups excluding carboxylic acids is 1. The third-order valence-electron chi connectivity index (χ3n) is 2.89. The van der Waals surface area contributed by atoms with E-state index >= 15 is 0 Å². The van der Waals surface area contributed by atoms with Crippen LogP contribution in [0, 0.1) is 0 Å². The molecule has 0 aliphatic carbocycles. The molecule has 0 saturated heterocycles. The summed E-state index contributed by atoms with van der Waals surface area (Å²) in [7, 11) is 0. The molecule has 0 atom stereocenters. The van der Waals surface area contributed by atoms with Gasteiger partial charge in [-0.25, -0.2) is 4.79 Å². The average molecular weight is 249 g/mol. The van der Waals surface area contributed by atoms with Gasteiger partial charge >= 0.3 is 6.03 Å². The van der Waals surface area contributed by atoms with Crippen LogP contribution in [0.1, 0.15) is 32.3 Å². The summed E-state index contributed by atoms with van der Waals surface area (Å²) in [5.74, 6) is 0. The highest BCUT2D eigenvalue weighted by Crippen LogP contribution is 2.13. The molecule has 0 bridgehead atoms. The van der Waals surface area contributed by atoms with Gasteiger partial charge in [0.2, 0.25) is 0 Å². The van der Waals surface area contributed by atoms with E-state index < -0.39 is 0 Å². The lowest BCUT2D eigenvalue weighted by Gasteiger charge is -2.22. The van der Waals surface area contributed by atoms with Crippen molar-refractivity contribution in [3.63, 3.8) is 0 Å². The minimum absolute atomic E-state index is 0.0193. The van der Waals surface area contributed by atoms with Gasteiger partial charge < -0.3 is 16.0 Å². The number of nitrogen functional groups attached to an aromatic ring is 1. The quantitative estimate of drug-likeness (QED) is 0.601. The maximum Gasteiger partial charge on any atom is 0.317 e. The average Bonchev–Trinajstić information content (AvgIpc) is 2.38. The van der Waals surface area contributed by atoms with E-state index in [0.29, 0.717) is 13.1 Å². The van der Waals surface area contributed by atoms with Crippen molar-refractivity contribution in [1.82, 2.24) is 10.2 Å². The molecule has 4 nitrogen and oxygen atoms in total. The van der Waals surface area contributed by atoms with Gasteiger partial charge in [-0.1, -0.05) is 31.5 Å². The number of nitrogens with two attached hydrogens (primary N) is 1.